The summed E-state index contributed by atoms with van der Waals surface area (Å²) >= 11 is 0. The molecule has 1 aliphatic rings. The summed E-state index contributed by atoms with van der Waals surface area (Å²) in [6.07, 6.45) is 0. The van der Waals surface area contributed by atoms with Crippen LogP contribution in [-0.4, -0.2) is 37.2 Å². The standard InChI is InChI=1S/C20H22N4O2/c1-2-26-19-9-8-17(12-16(19)13-21)23-20(25)24-11-10-22-18(14-24)15-6-4-3-5-7-15/h3-9,12,18,22H,2,10-11,14H2,1H3,(H,23,25)/t18-/m1/s1. The van der Waals surface area contributed by atoms with Crippen LogP contribution in [0.1, 0.15) is 24.1 Å². The Hall–Kier alpha value is -3.04. The molecule has 2 aromatic carbocycles. The first-order valence-corrected chi connectivity index (χ1v) is 8.72. The molecular formula is C20H22N4O2. The molecule has 0 saturated carbocycles. The Balaban J connectivity index is 1.67. The first kappa shape index (κ1) is 17.8. The molecule has 134 valence electrons. The lowest BCUT2D eigenvalue weighted by molar-refractivity contribution is 0.190. The van der Waals surface area contributed by atoms with Crippen molar-refractivity contribution in [2.75, 3.05) is 31.6 Å². The van der Waals surface area contributed by atoms with Crippen molar-refractivity contribution in [1.29, 1.82) is 5.26 Å². The van der Waals surface area contributed by atoms with Crippen LogP contribution in [0.5, 0.6) is 5.75 Å². The number of amides is 2. The Morgan fingerprint density at radius 3 is 2.88 bits per heavy atom. The Bertz CT molecular complexity index is 801. The SMILES string of the molecule is CCOc1ccc(NC(=O)N2CCN[C@@H](c3ccccc3)C2)cc1C#N. The molecule has 0 radical (unpaired) electrons. The van der Waals surface area contributed by atoms with Crippen LogP contribution < -0.4 is 15.4 Å². The van der Waals surface area contributed by atoms with E-state index in [4.69, 9.17) is 4.74 Å². The van der Waals surface area contributed by atoms with E-state index in [-0.39, 0.29) is 12.1 Å². The van der Waals surface area contributed by atoms with Crippen molar-refractivity contribution in [2.24, 2.45) is 0 Å². The number of ether oxygens (including phenoxy) is 1. The number of nitrogens with zero attached hydrogens (tertiary/aromatic N) is 2. The second-order valence-corrected chi connectivity index (χ2v) is 6.05. The predicted octanol–water partition coefficient (Wildman–Crippen LogP) is 3.14. The maximum absolute atomic E-state index is 12.6. The van der Waals surface area contributed by atoms with E-state index in [1.54, 1.807) is 23.1 Å². The molecule has 6 nitrogen and oxygen atoms in total. The summed E-state index contributed by atoms with van der Waals surface area (Å²) in [5.41, 5.74) is 2.16. The molecule has 6 heteroatoms. The molecule has 0 bridgehead atoms. The third-order valence-electron chi connectivity index (χ3n) is 4.32. The zero-order valence-corrected chi connectivity index (χ0v) is 14.7. The van der Waals surface area contributed by atoms with Gasteiger partial charge in [0.2, 0.25) is 0 Å². The summed E-state index contributed by atoms with van der Waals surface area (Å²) in [6.45, 7) is 4.32. The topological polar surface area (TPSA) is 77.4 Å². The van der Waals surface area contributed by atoms with Crippen LogP contribution in [0.25, 0.3) is 0 Å². The maximum atomic E-state index is 12.6. The van der Waals surface area contributed by atoms with Gasteiger partial charge in [0, 0.05) is 25.3 Å². The molecule has 1 heterocycles. The van der Waals surface area contributed by atoms with Gasteiger partial charge < -0.3 is 20.3 Å². The van der Waals surface area contributed by atoms with E-state index in [2.05, 4.69) is 28.8 Å². The fraction of sp³-hybridized carbons (Fsp3) is 0.300. The second-order valence-electron chi connectivity index (χ2n) is 6.05. The molecule has 1 saturated heterocycles. The van der Waals surface area contributed by atoms with Gasteiger partial charge in [-0.15, -0.1) is 0 Å². The number of nitriles is 1. The van der Waals surface area contributed by atoms with Gasteiger partial charge in [0.1, 0.15) is 11.8 Å². The molecule has 0 aromatic heterocycles. The summed E-state index contributed by atoms with van der Waals surface area (Å²) in [5, 5.41) is 15.6. The van der Waals surface area contributed by atoms with Crippen molar-refractivity contribution in [3.05, 3.63) is 59.7 Å². The van der Waals surface area contributed by atoms with Crippen molar-refractivity contribution < 1.29 is 9.53 Å². The predicted molar refractivity (Wildman–Crippen MR) is 100 cm³/mol. The quantitative estimate of drug-likeness (QED) is 0.888. The van der Waals surface area contributed by atoms with Crippen molar-refractivity contribution in [3.8, 4) is 11.8 Å². The molecular weight excluding hydrogens is 328 g/mol. The minimum atomic E-state index is -0.166. The van der Waals surface area contributed by atoms with E-state index in [0.29, 0.717) is 36.7 Å². The molecule has 2 N–H and O–H groups in total. The fourth-order valence-corrected chi connectivity index (χ4v) is 3.02. The second kappa shape index (κ2) is 8.37. The van der Waals surface area contributed by atoms with Crippen LogP contribution in [0.3, 0.4) is 0 Å². The van der Waals surface area contributed by atoms with Gasteiger partial charge in [0.15, 0.2) is 0 Å². The normalized spacial score (nSPS) is 16.6. The van der Waals surface area contributed by atoms with Gasteiger partial charge in [-0.3, -0.25) is 0 Å². The van der Waals surface area contributed by atoms with Crippen molar-refractivity contribution in [2.45, 2.75) is 13.0 Å². The van der Waals surface area contributed by atoms with Crippen LogP contribution >= 0.6 is 0 Å². The van der Waals surface area contributed by atoms with E-state index < -0.39 is 0 Å². The largest absolute Gasteiger partial charge is 0.492 e. The van der Waals surface area contributed by atoms with Crippen molar-refractivity contribution in [1.82, 2.24) is 10.2 Å². The zero-order valence-electron chi connectivity index (χ0n) is 14.7. The third-order valence-corrected chi connectivity index (χ3v) is 4.32. The monoisotopic (exact) mass is 350 g/mol. The van der Waals surface area contributed by atoms with Crippen molar-refractivity contribution >= 4 is 11.7 Å². The molecule has 0 aliphatic carbocycles. The Labute approximate surface area is 153 Å². The number of hydrogen-bond donors (Lipinski definition) is 2. The highest BCUT2D eigenvalue weighted by molar-refractivity contribution is 5.89. The Morgan fingerprint density at radius 1 is 1.35 bits per heavy atom. The summed E-state index contributed by atoms with van der Waals surface area (Å²) in [7, 11) is 0. The van der Waals surface area contributed by atoms with E-state index in [1.165, 1.54) is 0 Å². The molecule has 1 atom stereocenters. The van der Waals surface area contributed by atoms with E-state index in [0.717, 1.165) is 12.1 Å². The number of hydrogen-bond acceptors (Lipinski definition) is 4. The van der Waals surface area contributed by atoms with E-state index >= 15 is 0 Å². The molecule has 0 spiro atoms. The lowest BCUT2D eigenvalue weighted by Crippen LogP contribution is -2.49. The van der Waals surface area contributed by atoms with Gasteiger partial charge in [-0.2, -0.15) is 5.26 Å². The minimum Gasteiger partial charge on any atom is -0.492 e. The van der Waals surface area contributed by atoms with E-state index in [1.807, 2.05) is 25.1 Å². The number of urea groups is 1. The highest BCUT2D eigenvalue weighted by Gasteiger charge is 2.24. The molecule has 3 rings (SSSR count). The lowest BCUT2D eigenvalue weighted by atomic mass is 10.0. The summed E-state index contributed by atoms with van der Waals surface area (Å²) in [4.78, 5) is 14.4. The van der Waals surface area contributed by atoms with Crippen LogP contribution in [-0.2, 0) is 0 Å². The van der Waals surface area contributed by atoms with Gasteiger partial charge >= 0.3 is 6.03 Å². The fourth-order valence-electron chi connectivity index (χ4n) is 3.02. The summed E-state index contributed by atoms with van der Waals surface area (Å²) in [6, 6.07) is 17.3. The average Bonchev–Trinajstić information content (AvgIpc) is 2.70. The first-order chi connectivity index (χ1) is 12.7. The number of benzene rings is 2. The Morgan fingerprint density at radius 2 is 2.15 bits per heavy atom. The molecule has 26 heavy (non-hydrogen) atoms. The highest BCUT2D eigenvalue weighted by atomic mass is 16.5. The maximum Gasteiger partial charge on any atom is 0.321 e. The molecule has 1 fully saturated rings. The average molecular weight is 350 g/mol. The molecule has 1 aliphatic heterocycles. The van der Waals surface area contributed by atoms with Crippen LogP contribution in [0.4, 0.5) is 10.5 Å². The number of carbonyl (C=O) groups excluding carboxylic acids is 1. The number of carbonyl (C=O) groups is 1. The van der Waals surface area contributed by atoms with Crippen LogP contribution in [0, 0.1) is 11.3 Å². The minimum absolute atomic E-state index is 0.116. The van der Waals surface area contributed by atoms with Gasteiger partial charge in [0.05, 0.1) is 18.2 Å². The number of piperazine rings is 1. The number of rotatable bonds is 4. The van der Waals surface area contributed by atoms with Gasteiger partial charge in [0.25, 0.3) is 0 Å². The van der Waals surface area contributed by atoms with Gasteiger partial charge in [-0.05, 0) is 30.7 Å². The molecule has 2 amide bonds. The smallest absolute Gasteiger partial charge is 0.321 e. The zero-order chi connectivity index (χ0) is 18.4. The molecule has 2 aromatic rings. The molecule has 0 unspecified atom stereocenters. The van der Waals surface area contributed by atoms with Crippen molar-refractivity contribution in [3.63, 3.8) is 0 Å². The van der Waals surface area contributed by atoms with Crippen LogP contribution in [0.15, 0.2) is 48.5 Å². The van der Waals surface area contributed by atoms with Crippen LogP contribution in [0.2, 0.25) is 0 Å². The summed E-state index contributed by atoms with van der Waals surface area (Å²) in [5.74, 6) is 0.527. The third kappa shape index (κ3) is 4.13. The highest BCUT2D eigenvalue weighted by Crippen LogP contribution is 2.23. The lowest BCUT2D eigenvalue weighted by Gasteiger charge is -2.34. The number of nitrogens with one attached hydrogen (secondary N) is 2. The van der Waals surface area contributed by atoms with Gasteiger partial charge in [-0.1, -0.05) is 30.3 Å². The van der Waals surface area contributed by atoms with E-state index in [9.17, 15) is 10.1 Å². The first-order valence-electron chi connectivity index (χ1n) is 8.72. The van der Waals surface area contributed by atoms with Gasteiger partial charge in [-0.25, -0.2) is 4.79 Å². The Kier molecular flexibility index (Phi) is 5.72. The number of anilines is 1. The summed E-state index contributed by atoms with van der Waals surface area (Å²) < 4.78 is 5.41.